The standard InChI is InChI=1S/C15H15N3OS/c1-11-9-18-10-12(4-5-14(18)17-11)15(19)16-7-6-13-3-2-8-20-13/h2-5,8-10H,6-7H2,1H3,(H,16,19). The summed E-state index contributed by atoms with van der Waals surface area (Å²) in [4.78, 5) is 17.7. The van der Waals surface area contributed by atoms with Crippen molar-refractivity contribution in [3.05, 3.63) is 58.2 Å². The minimum Gasteiger partial charge on any atom is -0.352 e. The number of fused-ring (bicyclic) bond motifs is 1. The maximum absolute atomic E-state index is 12.1. The van der Waals surface area contributed by atoms with E-state index >= 15 is 0 Å². The molecule has 102 valence electrons. The summed E-state index contributed by atoms with van der Waals surface area (Å²) >= 11 is 1.71. The summed E-state index contributed by atoms with van der Waals surface area (Å²) in [5.74, 6) is -0.0465. The Labute approximate surface area is 121 Å². The number of aromatic nitrogens is 2. The predicted molar refractivity (Wildman–Crippen MR) is 80.3 cm³/mol. The molecule has 0 aliphatic rings. The molecule has 4 nitrogen and oxygen atoms in total. The third-order valence-electron chi connectivity index (χ3n) is 3.07. The summed E-state index contributed by atoms with van der Waals surface area (Å²) < 4.78 is 1.88. The monoisotopic (exact) mass is 285 g/mol. The van der Waals surface area contributed by atoms with Crippen molar-refractivity contribution >= 4 is 22.9 Å². The fourth-order valence-corrected chi connectivity index (χ4v) is 2.82. The second kappa shape index (κ2) is 5.46. The van der Waals surface area contributed by atoms with Gasteiger partial charge in [-0.1, -0.05) is 6.07 Å². The molecule has 0 atom stereocenters. The number of aryl methyl sites for hydroxylation is 1. The van der Waals surface area contributed by atoms with Crippen LogP contribution in [0.3, 0.4) is 0 Å². The molecule has 0 aromatic carbocycles. The second-order valence-electron chi connectivity index (χ2n) is 4.65. The van der Waals surface area contributed by atoms with Crippen LogP contribution >= 0.6 is 11.3 Å². The number of hydrogen-bond acceptors (Lipinski definition) is 3. The molecule has 0 aliphatic heterocycles. The van der Waals surface area contributed by atoms with Crippen LogP contribution < -0.4 is 5.32 Å². The lowest BCUT2D eigenvalue weighted by molar-refractivity contribution is 0.0954. The van der Waals surface area contributed by atoms with Gasteiger partial charge in [0.15, 0.2) is 0 Å². The Kier molecular flexibility index (Phi) is 3.52. The van der Waals surface area contributed by atoms with E-state index in [1.165, 1.54) is 4.88 Å². The number of carbonyl (C=O) groups excluding carboxylic acids is 1. The van der Waals surface area contributed by atoms with Gasteiger partial charge in [-0.3, -0.25) is 4.79 Å². The highest BCUT2D eigenvalue weighted by Crippen LogP contribution is 2.09. The van der Waals surface area contributed by atoms with Crippen LogP contribution in [0.25, 0.3) is 5.65 Å². The molecular formula is C15H15N3OS. The second-order valence-corrected chi connectivity index (χ2v) is 5.68. The SMILES string of the molecule is Cc1cn2cc(C(=O)NCCc3cccs3)ccc2n1. The number of amides is 1. The van der Waals surface area contributed by atoms with Crippen LogP contribution in [-0.4, -0.2) is 21.8 Å². The summed E-state index contributed by atoms with van der Waals surface area (Å²) in [6.45, 7) is 2.59. The lowest BCUT2D eigenvalue weighted by Gasteiger charge is -2.04. The van der Waals surface area contributed by atoms with Crippen molar-refractivity contribution in [1.82, 2.24) is 14.7 Å². The lowest BCUT2D eigenvalue weighted by Crippen LogP contribution is -2.25. The first-order chi connectivity index (χ1) is 9.72. The van der Waals surface area contributed by atoms with Crippen molar-refractivity contribution < 1.29 is 4.79 Å². The van der Waals surface area contributed by atoms with E-state index in [1.54, 1.807) is 11.3 Å². The number of nitrogens with zero attached hydrogens (tertiary/aromatic N) is 2. The van der Waals surface area contributed by atoms with Crippen molar-refractivity contribution in [1.29, 1.82) is 0 Å². The molecule has 3 heterocycles. The molecule has 0 aliphatic carbocycles. The molecule has 0 radical (unpaired) electrons. The molecule has 0 saturated heterocycles. The van der Waals surface area contributed by atoms with E-state index in [1.807, 2.05) is 47.3 Å². The Balaban J connectivity index is 1.65. The van der Waals surface area contributed by atoms with E-state index in [2.05, 4.69) is 16.4 Å². The van der Waals surface area contributed by atoms with Crippen LogP contribution in [0.15, 0.2) is 42.0 Å². The van der Waals surface area contributed by atoms with E-state index in [4.69, 9.17) is 0 Å². The minimum absolute atomic E-state index is 0.0465. The summed E-state index contributed by atoms with van der Waals surface area (Å²) in [7, 11) is 0. The number of hydrogen-bond donors (Lipinski definition) is 1. The normalized spacial score (nSPS) is 10.8. The van der Waals surface area contributed by atoms with E-state index in [0.717, 1.165) is 17.8 Å². The largest absolute Gasteiger partial charge is 0.352 e. The van der Waals surface area contributed by atoms with Gasteiger partial charge in [0, 0.05) is 23.8 Å². The van der Waals surface area contributed by atoms with Crippen molar-refractivity contribution in [2.75, 3.05) is 6.54 Å². The number of imidazole rings is 1. The third-order valence-corrected chi connectivity index (χ3v) is 4.01. The summed E-state index contributed by atoms with van der Waals surface area (Å²) in [5.41, 5.74) is 2.46. The summed E-state index contributed by atoms with van der Waals surface area (Å²) in [5, 5.41) is 4.99. The minimum atomic E-state index is -0.0465. The van der Waals surface area contributed by atoms with Crippen LogP contribution in [0.5, 0.6) is 0 Å². The Hall–Kier alpha value is -2.14. The van der Waals surface area contributed by atoms with Gasteiger partial charge in [-0.15, -0.1) is 11.3 Å². The predicted octanol–water partition coefficient (Wildman–Crippen LogP) is 2.68. The molecule has 0 spiro atoms. The molecule has 5 heteroatoms. The van der Waals surface area contributed by atoms with Crippen molar-refractivity contribution in [3.8, 4) is 0 Å². The zero-order valence-electron chi connectivity index (χ0n) is 11.2. The maximum atomic E-state index is 12.1. The molecule has 0 bridgehead atoms. The Morgan fingerprint density at radius 2 is 2.25 bits per heavy atom. The highest BCUT2D eigenvalue weighted by Gasteiger charge is 2.07. The first-order valence-electron chi connectivity index (χ1n) is 6.48. The van der Waals surface area contributed by atoms with Gasteiger partial charge < -0.3 is 9.72 Å². The maximum Gasteiger partial charge on any atom is 0.252 e. The van der Waals surface area contributed by atoms with Gasteiger partial charge in [0.05, 0.1) is 11.3 Å². The fourth-order valence-electron chi connectivity index (χ4n) is 2.11. The first-order valence-corrected chi connectivity index (χ1v) is 7.36. The first kappa shape index (κ1) is 12.9. The molecular weight excluding hydrogens is 270 g/mol. The number of rotatable bonds is 4. The lowest BCUT2D eigenvalue weighted by atomic mass is 10.2. The van der Waals surface area contributed by atoms with Gasteiger partial charge >= 0.3 is 0 Å². The van der Waals surface area contributed by atoms with Gasteiger partial charge in [-0.05, 0) is 36.9 Å². The van der Waals surface area contributed by atoms with Gasteiger partial charge in [0.2, 0.25) is 0 Å². The van der Waals surface area contributed by atoms with Crippen LogP contribution in [0.2, 0.25) is 0 Å². The van der Waals surface area contributed by atoms with Crippen LogP contribution in [0.4, 0.5) is 0 Å². The highest BCUT2D eigenvalue weighted by molar-refractivity contribution is 7.09. The van der Waals surface area contributed by atoms with Gasteiger partial charge in [0.25, 0.3) is 5.91 Å². The molecule has 1 amide bonds. The average Bonchev–Trinajstić information content (AvgIpc) is 3.05. The number of thiophene rings is 1. The quantitative estimate of drug-likeness (QED) is 0.801. The third kappa shape index (κ3) is 2.72. The summed E-state index contributed by atoms with van der Waals surface area (Å²) in [6.07, 6.45) is 4.60. The number of carbonyl (C=O) groups is 1. The van der Waals surface area contributed by atoms with E-state index < -0.39 is 0 Å². The van der Waals surface area contributed by atoms with E-state index in [9.17, 15) is 4.79 Å². The van der Waals surface area contributed by atoms with Gasteiger partial charge in [-0.25, -0.2) is 4.98 Å². The van der Waals surface area contributed by atoms with Crippen LogP contribution in [0, 0.1) is 6.92 Å². The molecule has 0 unspecified atom stereocenters. The Morgan fingerprint density at radius 3 is 3.05 bits per heavy atom. The molecule has 0 saturated carbocycles. The van der Waals surface area contributed by atoms with Gasteiger partial charge in [-0.2, -0.15) is 0 Å². The van der Waals surface area contributed by atoms with E-state index in [0.29, 0.717) is 12.1 Å². The Bertz CT molecular complexity index is 731. The smallest absolute Gasteiger partial charge is 0.252 e. The van der Waals surface area contributed by atoms with Crippen molar-refractivity contribution in [3.63, 3.8) is 0 Å². The molecule has 0 fully saturated rings. The average molecular weight is 285 g/mol. The number of pyridine rings is 1. The Morgan fingerprint density at radius 1 is 1.35 bits per heavy atom. The molecule has 3 rings (SSSR count). The topological polar surface area (TPSA) is 46.4 Å². The zero-order chi connectivity index (χ0) is 13.9. The molecule has 1 N–H and O–H groups in total. The zero-order valence-corrected chi connectivity index (χ0v) is 12.0. The fraction of sp³-hybridized carbons (Fsp3) is 0.200. The van der Waals surface area contributed by atoms with Crippen molar-refractivity contribution in [2.24, 2.45) is 0 Å². The van der Waals surface area contributed by atoms with Gasteiger partial charge in [0.1, 0.15) is 5.65 Å². The van der Waals surface area contributed by atoms with Crippen LogP contribution in [0.1, 0.15) is 20.9 Å². The van der Waals surface area contributed by atoms with Crippen LogP contribution in [-0.2, 0) is 6.42 Å². The molecule has 3 aromatic heterocycles. The molecule has 20 heavy (non-hydrogen) atoms. The van der Waals surface area contributed by atoms with Crippen molar-refractivity contribution in [2.45, 2.75) is 13.3 Å². The summed E-state index contributed by atoms with van der Waals surface area (Å²) in [6, 6.07) is 7.78. The molecule has 3 aromatic rings. The number of nitrogens with one attached hydrogen (secondary N) is 1. The highest BCUT2D eigenvalue weighted by atomic mass is 32.1. The van der Waals surface area contributed by atoms with E-state index in [-0.39, 0.29) is 5.91 Å².